The second kappa shape index (κ2) is 7.31. The zero-order chi connectivity index (χ0) is 17.0. The molecule has 1 amide bonds. The summed E-state index contributed by atoms with van der Waals surface area (Å²) in [5.41, 5.74) is 0. The summed E-state index contributed by atoms with van der Waals surface area (Å²) < 4.78 is 36.5. The zero-order valence-corrected chi connectivity index (χ0v) is 14.5. The van der Waals surface area contributed by atoms with Gasteiger partial charge in [0.25, 0.3) is 10.0 Å². The molecule has 0 aromatic heterocycles. The summed E-state index contributed by atoms with van der Waals surface area (Å²) in [6, 6.07) is 5.98. The fourth-order valence-corrected chi connectivity index (χ4v) is 3.87. The first-order chi connectivity index (χ1) is 10.9. The zero-order valence-electron chi connectivity index (χ0n) is 13.7. The first-order valence-electron chi connectivity index (χ1n) is 7.64. The molecule has 0 bridgehead atoms. The van der Waals surface area contributed by atoms with E-state index in [9.17, 15) is 13.2 Å². The Bertz CT molecular complexity index is 635. The number of ether oxygens (including phenoxy) is 2. The second-order valence-electron chi connectivity index (χ2n) is 5.76. The molecule has 6 nitrogen and oxygen atoms in total. The Kier molecular flexibility index (Phi) is 5.64. The van der Waals surface area contributed by atoms with Crippen LogP contribution < -0.4 is 4.74 Å². The Morgan fingerprint density at radius 1 is 1.39 bits per heavy atom. The molecule has 1 aromatic rings. The van der Waals surface area contributed by atoms with Crippen molar-refractivity contribution in [3.05, 3.63) is 24.3 Å². The van der Waals surface area contributed by atoms with Crippen molar-refractivity contribution in [2.45, 2.75) is 37.2 Å². The number of sulfonamides is 1. The van der Waals surface area contributed by atoms with Crippen LogP contribution in [0.3, 0.4) is 0 Å². The molecule has 1 aliphatic rings. The van der Waals surface area contributed by atoms with Gasteiger partial charge in [-0.2, -0.15) is 0 Å². The van der Waals surface area contributed by atoms with Gasteiger partial charge in [-0.25, -0.2) is 12.7 Å². The molecular formula is C16H23NO5S. The topological polar surface area (TPSA) is 72.9 Å². The maximum absolute atomic E-state index is 12.5. The molecule has 2 unspecified atom stereocenters. The Balaban J connectivity index is 2.09. The quantitative estimate of drug-likeness (QED) is 0.792. The summed E-state index contributed by atoms with van der Waals surface area (Å²) in [6.45, 7) is 2.45. The maximum Gasteiger partial charge on any atom is 0.266 e. The van der Waals surface area contributed by atoms with Crippen LogP contribution in [0.5, 0.6) is 5.75 Å². The third-order valence-corrected chi connectivity index (χ3v) is 5.86. The predicted octanol–water partition coefficient (Wildman–Crippen LogP) is 2.05. The highest BCUT2D eigenvalue weighted by Crippen LogP contribution is 2.24. The van der Waals surface area contributed by atoms with Crippen LogP contribution in [0.2, 0.25) is 0 Å². The average molecular weight is 341 g/mol. The molecule has 0 aliphatic carbocycles. The number of methoxy groups -OCH3 is 1. The SMILES string of the molecule is COc1ccc(S(=O)(=O)N(C)C(=O)C(C)CC2CCCO2)cc1. The van der Waals surface area contributed by atoms with E-state index >= 15 is 0 Å². The Labute approximate surface area is 137 Å². The van der Waals surface area contributed by atoms with Crippen molar-refractivity contribution in [2.75, 3.05) is 20.8 Å². The summed E-state index contributed by atoms with van der Waals surface area (Å²) in [6.07, 6.45) is 2.51. The van der Waals surface area contributed by atoms with Gasteiger partial charge < -0.3 is 9.47 Å². The second-order valence-corrected chi connectivity index (χ2v) is 7.73. The van der Waals surface area contributed by atoms with Crippen LogP contribution in [0.1, 0.15) is 26.2 Å². The van der Waals surface area contributed by atoms with Gasteiger partial charge in [-0.3, -0.25) is 4.79 Å². The van der Waals surface area contributed by atoms with Crippen LogP contribution in [0.15, 0.2) is 29.2 Å². The van der Waals surface area contributed by atoms with Gasteiger partial charge >= 0.3 is 0 Å². The molecule has 1 saturated heterocycles. The van der Waals surface area contributed by atoms with Gasteiger partial charge in [0.15, 0.2) is 0 Å². The van der Waals surface area contributed by atoms with E-state index in [-0.39, 0.29) is 11.0 Å². The largest absolute Gasteiger partial charge is 0.497 e. The molecule has 0 saturated carbocycles. The predicted molar refractivity (Wildman–Crippen MR) is 85.7 cm³/mol. The summed E-state index contributed by atoms with van der Waals surface area (Å²) in [7, 11) is -1.05. The molecule has 1 aromatic carbocycles. The molecule has 128 valence electrons. The maximum atomic E-state index is 12.5. The number of carbonyl (C=O) groups excluding carboxylic acids is 1. The first-order valence-corrected chi connectivity index (χ1v) is 9.08. The number of hydrogen-bond donors (Lipinski definition) is 0. The lowest BCUT2D eigenvalue weighted by atomic mass is 10.0. The average Bonchev–Trinajstić information content (AvgIpc) is 3.06. The molecule has 1 fully saturated rings. The van der Waals surface area contributed by atoms with Gasteiger partial charge in [0.1, 0.15) is 5.75 Å². The standard InChI is InChI=1S/C16H23NO5S/c1-12(11-14-5-4-10-22-14)16(18)17(2)23(19,20)15-8-6-13(21-3)7-9-15/h6-9,12,14H,4-5,10-11H2,1-3H3. The lowest BCUT2D eigenvalue weighted by molar-refractivity contribution is -0.130. The van der Waals surface area contributed by atoms with Gasteiger partial charge in [0.05, 0.1) is 18.1 Å². The lowest BCUT2D eigenvalue weighted by Gasteiger charge is -2.23. The summed E-state index contributed by atoms with van der Waals surface area (Å²) >= 11 is 0. The third kappa shape index (κ3) is 4.03. The van der Waals surface area contributed by atoms with E-state index in [1.807, 2.05) is 0 Å². The highest BCUT2D eigenvalue weighted by Gasteiger charge is 2.31. The van der Waals surface area contributed by atoms with Gasteiger partial charge in [0.2, 0.25) is 5.91 Å². The summed E-state index contributed by atoms with van der Waals surface area (Å²) in [5.74, 6) is -0.267. The van der Waals surface area contributed by atoms with Gasteiger partial charge in [-0.1, -0.05) is 6.92 Å². The van der Waals surface area contributed by atoms with E-state index in [4.69, 9.17) is 9.47 Å². The van der Waals surface area contributed by atoms with Gasteiger partial charge in [-0.15, -0.1) is 0 Å². The van der Waals surface area contributed by atoms with Gasteiger partial charge in [-0.05, 0) is 43.5 Å². The van der Waals surface area contributed by atoms with Crippen LogP contribution in [-0.4, -0.2) is 45.5 Å². The Morgan fingerprint density at radius 3 is 2.57 bits per heavy atom. The number of nitrogens with zero attached hydrogens (tertiary/aromatic N) is 1. The monoisotopic (exact) mass is 341 g/mol. The summed E-state index contributed by atoms with van der Waals surface area (Å²) in [4.78, 5) is 12.5. The van der Waals surface area contributed by atoms with Crippen LogP contribution in [0.25, 0.3) is 0 Å². The van der Waals surface area contributed by atoms with E-state index in [1.165, 1.54) is 26.3 Å². The molecule has 23 heavy (non-hydrogen) atoms. The van der Waals surface area contributed by atoms with Crippen molar-refractivity contribution in [3.63, 3.8) is 0 Å². The van der Waals surface area contributed by atoms with E-state index in [2.05, 4.69) is 0 Å². The van der Waals surface area contributed by atoms with Crippen molar-refractivity contribution in [2.24, 2.45) is 5.92 Å². The van der Waals surface area contributed by atoms with Crippen molar-refractivity contribution in [3.8, 4) is 5.75 Å². The minimum Gasteiger partial charge on any atom is -0.497 e. The van der Waals surface area contributed by atoms with E-state index < -0.39 is 21.8 Å². The van der Waals surface area contributed by atoms with E-state index in [0.717, 1.165) is 17.1 Å². The van der Waals surface area contributed by atoms with Crippen molar-refractivity contribution in [1.29, 1.82) is 0 Å². The fourth-order valence-electron chi connectivity index (χ4n) is 2.66. The first kappa shape index (κ1) is 17.7. The fraction of sp³-hybridized carbons (Fsp3) is 0.562. The van der Waals surface area contributed by atoms with E-state index in [1.54, 1.807) is 19.1 Å². The number of hydrogen-bond acceptors (Lipinski definition) is 5. The summed E-state index contributed by atoms with van der Waals surface area (Å²) in [5, 5.41) is 0. The minimum absolute atomic E-state index is 0.0473. The van der Waals surface area contributed by atoms with Crippen LogP contribution in [0.4, 0.5) is 0 Å². The number of amides is 1. The Hall–Kier alpha value is -1.60. The normalized spacial score (nSPS) is 19.3. The smallest absolute Gasteiger partial charge is 0.266 e. The molecule has 0 N–H and O–H groups in total. The lowest BCUT2D eigenvalue weighted by Crippen LogP contribution is -2.37. The third-order valence-electron chi connectivity index (χ3n) is 4.09. The van der Waals surface area contributed by atoms with E-state index in [0.29, 0.717) is 18.8 Å². The Morgan fingerprint density at radius 2 is 2.04 bits per heavy atom. The molecule has 1 aliphatic heterocycles. The van der Waals surface area contributed by atoms with Crippen molar-refractivity contribution >= 4 is 15.9 Å². The van der Waals surface area contributed by atoms with Gasteiger partial charge in [0, 0.05) is 19.6 Å². The van der Waals surface area contributed by atoms with Crippen LogP contribution >= 0.6 is 0 Å². The number of benzene rings is 1. The molecular weight excluding hydrogens is 318 g/mol. The highest BCUT2D eigenvalue weighted by molar-refractivity contribution is 7.89. The molecule has 1 heterocycles. The van der Waals surface area contributed by atoms with Crippen LogP contribution in [0, 0.1) is 5.92 Å². The molecule has 2 rings (SSSR count). The minimum atomic E-state index is -3.85. The van der Waals surface area contributed by atoms with Crippen molar-refractivity contribution < 1.29 is 22.7 Å². The molecule has 7 heteroatoms. The number of rotatable bonds is 6. The molecule has 0 radical (unpaired) electrons. The molecule has 0 spiro atoms. The highest BCUT2D eigenvalue weighted by atomic mass is 32.2. The number of carbonyl (C=O) groups is 1. The molecule has 2 atom stereocenters. The van der Waals surface area contributed by atoms with Crippen molar-refractivity contribution in [1.82, 2.24) is 4.31 Å². The van der Waals surface area contributed by atoms with Crippen LogP contribution in [-0.2, 0) is 19.6 Å².